The lowest BCUT2D eigenvalue weighted by Gasteiger charge is -2.47. The summed E-state index contributed by atoms with van der Waals surface area (Å²) in [6.07, 6.45) is -4.29. The molecule has 0 bridgehead atoms. The van der Waals surface area contributed by atoms with Crippen LogP contribution in [-0.4, -0.2) is 49.2 Å². The van der Waals surface area contributed by atoms with E-state index in [9.17, 15) is 23.2 Å². The Bertz CT molecular complexity index is 1420. The number of benzene rings is 1. The van der Waals surface area contributed by atoms with Crippen LogP contribution in [0.3, 0.4) is 0 Å². The smallest absolute Gasteiger partial charge is 0.349 e. The molecule has 1 fully saturated rings. The maximum Gasteiger partial charge on any atom is 0.416 e. The van der Waals surface area contributed by atoms with Gasteiger partial charge in [0, 0.05) is 44.8 Å². The number of aryl methyl sites for hydroxylation is 3. The number of alkyl halides is 3. The van der Waals surface area contributed by atoms with E-state index in [1.807, 2.05) is 32.3 Å². The Morgan fingerprint density at radius 2 is 1.89 bits per heavy atom. The van der Waals surface area contributed by atoms with E-state index in [0.29, 0.717) is 48.0 Å². The average Bonchev–Trinajstić information content (AvgIpc) is 3.20. The van der Waals surface area contributed by atoms with Gasteiger partial charge < -0.3 is 9.47 Å². The molecule has 0 radical (unpaired) electrons. The monoisotopic (exact) mass is 515 g/mol. The second-order valence-corrected chi connectivity index (χ2v) is 9.85. The van der Waals surface area contributed by atoms with Gasteiger partial charge in [-0.05, 0) is 51.8 Å². The van der Waals surface area contributed by atoms with E-state index in [4.69, 9.17) is 4.98 Å². The maximum absolute atomic E-state index is 13.5. The predicted molar refractivity (Wildman–Crippen MR) is 135 cm³/mol. The molecule has 3 aromatic rings. The first-order valence-electron chi connectivity index (χ1n) is 12.4. The van der Waals surface area contributed by atoms with Crippen molar-refractivity contribution in [2.45, 2.75) is 71.9 Å². The highest BCUT2D eigenvalue weighted by atomic mass is 19.4. The van der Waals surface area contributed by atoms with Crippen molar-refractivity contribution in [3.8, 4) is 6.07 Å². The largest absolute Gasteiger partial charge is 0.416 e. The van der Waals surface area contributed by atoms with Gasteiger partial charge in [0.15, 0.2) is 5.82 Å². The number of nitriles is 1. The van der Waals surface area contributed by atoms with Crippen LogP contribution >= 0.6 is 0 Å². The van der Waals surface area contributed by atoms with Crippen LogP contribution in [0.15, 0.2) is 23.0 Å². The number of anilines is 1. The van der Waals surface area contributed by atoms with Crippen LogP contribution in [0, 0.1) is 18.3 Å². The topological polar surface area (TPSA) is 83.0 Å². The zero-order chi connectivity index (χ0) is 27.2. The Morgan fingerprint density at radius 1 is 1.19 bits per heavy atom. The molecule has 0 aliphatic carbocycles. The minimum absolute atomic E-state index is 0.0328. The Morgan fingerprint density at radius 3 is 2.51 bits per heavy atom. The lowest BCUT2D eigenvalue weighted by molar-refractivity contribution is -0.138. The molecule has 0 amide bonds. The minimum Gasteiger partial charge on any atom is -0.349 e. The number of imidazole rings is 1. The Balaban J connectivity index is 1.69. The zero-order valence-corrected chi connectivity index (χ0v) is 22.0. The third-order valence-electron chi connectivity index (χ3n) is 7.44. The fraction of sp³-hybridized carbons (Fsp3) is 0.538. The average molecular weight is 516 g/mol. The Labute approximate surface area is 213 Å². The molecule has 1 aliphatic heterocycles. The van der Waals surface area contributed by atoms with E-state index in [1.54, 1.807) is 13.1 Å². The van der Waals surface area contributed by atoms with Gasteiger partial charge in [-0.3, -0.25) is 9.47 Å². The van der Waals surface area contributed by atoms with Gasteiger partial charge in [-0.2, -0.15) is 23.4 Å². The normalized spacial score (nSPS) is 19.8. The number of hydrogen-bond donors (Lipinski definition) is 0. The summed E-state index contributed by atoms with van der Waals surface area (Å²) in [5, 5.41) is 9.27. The first-order valence-corrected chi connectivity index (χ1v) is 12.4. The number of rotatable bonds is 5. The summed E-state index contributed by atoms with van der Waals surface area (Å²) in [6, 6.07) is 6.33. The van der Waals surface area contributed by atoms with E-state index in [1.165, 1.54) is 23.6 Å². The highest BCUT2D eigenvalue weighted by molar-refractivity contribution is 5.84. The number of fused-ring (bicyclic) bond motifs is 1. The molecule has 11 heteroatoms. The quantitative estimate of drug-likeness (QED) is 0.507. The molecule has 1 aromatic carbocycles. The number of piperazine rings is 1. The fourth-order valence-electron chi connectivity index (χ4n) is 5.41. The molecule has 0 N–H and O–H groups in total. The zero-order valence-electron chi connectivity index (χ0n) is 22.0. The molecule has 1 unspecified atom stereocenters. The van der Waals surface area contributed by atoms with Crippen LogP contribution in [0.25, 0.3) is 11.2 Å². The van der Waals surface area contributed by atoms with E-state index in [-0.39, 0.29) is 30.1 Å². The molecule has 8 nitrogen and oxygen atoms in total. The van der Waals surface area contributed by atoms with Gasteiger partial charge in [-0.1, -0.05) is 12.1 Å². The fourth-order valence-corrected chi connectivity index (χ4v) is 5.41. The number of nitrogens with zero attached hydrogens (tertiary/aromatic N) is 7. The third-order valence-corrected chi connectivity index (χ3v) is 7.44. The SMILES string of the molecule is CCn1c(CC#N)nc2c(N3C[C@@H](C)N(C(C)c4ccc(C)c(C(F)(F)F)c4)C[C@@H]3C)nc(=O)n(C)c21. The van der Waals surface area contributed by atoms with E-state index < -0.39 is 17.4 Å². The molecule has 198 valence electrons. The highest BCUT2D eigenvalue weighted by Gasteiger charge is 2.37. The molecule has 2 aromatic heterocycles. The van der Waals surface area contributed by atoms with E-state index in [2.05, 4.69) is 20.9 Å². The van der Waals surface area contributed by atoms with E-state index in [0.717, 1.165) is 0 Å². The Kier molecular flexibility index (Phi) is 7.08. The summed E-state index contributed by atoms with van der Waals surface area (Å²) in [4.78, 5) is 26.2. The molecular weight excluding hydrogens is 483 g/mol. The second-order valence-electron chi connectivity index (χ2n) is 9.85. The molecule has 37 heavy (non-hydrogen) atoms. The first-order chi connectivity index (χ1) is 17.4. The van der Waals surface area contributed by atoms with Crippen LogP contribution in [0.5, 0.6) is 0 Å². The number of halogens is 3. The highest BCUT2D eigenvalue weighted by Crippen LogP contribution is 2.36. The van der Waals surface area contributed by atoms with Crippen molar-refractivity contribution in [2.24, 2.45) is 7.05 Å². The van der Waals surface area contributed by atoms with Crippen molar-refractivity contribution < 1.29 is 13.2 Å². The van der Waals surface area contributed by atoms with E-state index >= 15 is 0 Å². The summed E-state index contributed by atoms with van der Waals surface area (Å²) < 4.78 is 43.9. The summed E-state index contributed by atoms with van der Waals surface area (Å²) in [6.45, 7) is 11.0. The standard InChI is InChI=1S/C26H32F3N7O/c1-7-34-21(10-11-30)31-22-23(32-25(37)33(6)24(22)34)36-14-16(3)35(13-17(36)4)18(5)19-9-8-15(2)20(12-19)26(27,28)29/h8-9,12,16-18H,7,10,13-14H2,1-6H3/t16-,17+,18?/m1/s1. The number of aromatic nitrogens is 4. The van der Waals surface area contributed by atoms with Crippen molar-refractivity contribution in [2.75, 3.05) is 18.0 Å². The van der Waals surface area contributed by atoms with Gasteiger partial charge in [0.25, 0.3) is 0 Å². The predicted octanol–water partition coefficient (Wildman–Crippen LogP) is 4.20. The maximum atomic E-state index is 13.5. The van der Waals surface area contributed by atoms with Gasteiger partial charge in [0.05, 0.1) is 18.1 Å². The molecule has 3 heterocycles. The summed E-state index contributed by atoms with van der Waals surface area (Å²) in [5.74, 6) is 1.06. The molecular formula is C26H32F3N7O. The van der Waals surface area contributed by atoms with Gasteiger partial charge in [-0.15, -0.1) is 0 Å². The van der Waals surface area contributed by atoms with Crippen molar-refractivity contribution in [1.29, 1.82) is 5.26 Å². The van der Waals surface area contributed by atoms with Crippen molar-refractivity contribution in [3.63, 3.8) is 0 Å². The summed E-state index contributed by atoms with van der Waals surface area (Å²) >= 11 is 0. The lowest BCUT2D eigenvalue weighted by atomic mass is 9.97. The van der Waals surface area contributed by atoms with Gasteiger partial charge in [-0.25, -0.2) is 9.78 Å². The summed E-state index contributed by atoms with van der Waals surface area (Å²) in [7, 11) is 1.65. The first kappa shape index (κ1) is 26.7. The molecule has 4 rings (SSSR count). The molecule has 1 aliphatic rings. The number of hydrogen-bond acceptors (Lipinski definition) is 6. The lowest BCUT2D eigenvalue weighted by Crippen LogP contribution is -2.57. The molecule has 1 saturated heterocycles. The van der Waals surface area contributed by atoms with Gasteiger partial charge in [0.2, 0.25) is 0 Å². The van der Waals surface area contributed by atoms with Crippen molar-refractivity contribution >= 4 is 17.0 Å². The van der Waals surface area contributed by atoms with Crippen molar-refractivity contribution in [1.82, 2.24) is 24.0 Å². The summed E-state index contributed by atoms with van der Waals surface area (Å²) in [5.41, 5.74) is 0.999. The van der Waals surface area contributed by atoms with Crippen molar-refractivity contribution in [3.05, 3.63) is 51.2 Å². The van der Waals surface area contributed by atoms with Gasteiger partial charge in [0.1, 0.15) is 17.0 Å². The van der Waals surface area contributed by atoms with Crippen LogP contribution in [0.4, 0.5) is 19.0 Å². The molecule has 0 spiro atoms. The molecule has 3 atom stereocenters. The van der Waals surface area contributed by atoms with Crippen LogP contribution in [0.1, 0.15) is 56.3 Å². The second kappa shape index (κ2) is 9.82. The van der Waals surface area contributed by atoms with Crippen LogP contribution < -0.4 is 10.6 Å². The third kappa shape index (κ3) is 4.70. The van der Waals surface area contributed by atoms with Crippen LogP contribution in [-0.2, 0) is 26.2 Å². The molecule has 0 saturated carbocycles. The Hall–Kier alpha value is -3.39. The minimum atomic E-state index is -4.40. The van der Waals surface area contributed by atoms with Gasteiger partial charge >= 0.3 is 11.9 Å². The van der Waals surface area contributed by atoms with Crippen LogP contribution in [0.2, 0.25) is 0 Å².